The quantitative estimate of drug-likeness (QED) is 0.119. The first-order valence-corrected chi connectivity index (χ1v) is 22.7. The van der Waals surface area contributed by atoms with Gasteiger partial charge in [-0.25, -0.2) is 33.3 Å². The Morgan fingerprint density at radius 1 is 0.845 bits per heavy atom. The van der Waals surface area contributed by atoms with Gasteiger partial charge in [0, 0.05) is 31.8 Å². The molecule has 0 spiro atoms. The molecule has 0 saturated carbocycles. The Bertz CT molecular complexity index is 1900. The normalized spacial score (nSPS) is 14.4. The summed E-state index contributed by atoms with van der Waals surface area (Å²) >= 11 is 0. The van der Waals surface area contributed by atoms with Gasteiger partial charge in [-0.1, -0.05) is 34.6 Å². The second-order valence-corrected chi connectivity index (χ2v) is 24.1. The third kappa shape index (κ3) is 15.5. The third-order valence-corrected chi connectivity index (χ3v) is 14.5. The van der Waals surface area contributed by atoms with Crippen molar-refractivity contribution in [1.29, 1.82) is 0 Å². The molecule has 2 heterocycles. The van der Waals surface area contributed by atoms with Crippen molar-refractivity contribution in [3.05, 3.63) is 54.2 Å². The number of alkyl carbamates (subject to hydrolysis) is 2. The van der Waals surface area contributed by atoms with Gasteiger partial charge in [0.15, 0.2) is 19.7 Å². The molecule has 0 aliphatic carbocycles. The zero-order valence-electron chi connectivity index (χ0n) is 36.5. The van der Waals surface area contributed by atoms with Crippen LogP contribution < -0.4 is 10.6 Å². The van der Waals surface area contributed by atoms with Gasteiger partial charge in [-0.3, -0.25) is 9.59 Å². The molecule has 0 aliphatic heterocycles. The molecule has 3 aromatic rings. The number of ketones is 2. The monoisotopic (exact) mass is 830 g/mol. The molecule has 13 nitrogen and oxygen atoms in total. The summed E-state index contributed by atoms with van der Waals surface area (Å²) in [5.74, 6) is -1.71. The lowest BCUT2D eigenvalue weighted by Gasteiger charge is -2.41. The second kappa shape index (κ2) is 19.2. The van der Waals surface area contributed by atoms with Gasteiger partial charge in [-0.2, -0.15) is 0 Å². The number of aromatic nitrogens is 4. The highest BCUT2D eigenvalue weighted by Gasteiger charge is 2.44. The van der Waals surface area contributed by atoms with Crippen molar-refractivity contribution in [3.63, 3.8) is 0 Å². The van der Waals surface area contributed by atoms with Gasteiger partial charge in [-0.05, 0) is 108 Å². The molecule has 58 heavy (non-hydrogen) atoms. The van der Waals surface area contributed by atoms with Crippen LogP contribution in [0.5, 0.6) is 0 Å². The van der Waals surface area contributed by atoms with Crippen molar-refractivity contribution in [2.24, 2.45) is 5.41 Å². The highest BCUT2D eigenvalue weighted by atomic mass is 28.4. The number of hydrogen-bond donors (Lipinski definition) is 2. The number of carbonyl (C=O) groups excluding carboxylic acids is 4. The fourth-order valence-corrected chi connectivity index (χ4v) is 7.18. The number of rotatable bonds is 18. The number of benzene rings is 1. The van der Waals surface area contributed by atoms with E-state index in [-0.39, 0.29) is 54.4 Å². The lowest BCUT2D eigenvalue weighted by atomic mass is 9.81. The first-order valence-electron chi connectivity index (χ1n) is 19.8. The summed E-state index contributed by atoms with van der Waals surface area (Å²) in [4.78, 5) is 66.7. The summed E-state index contributed by atoms with van der Waals surface area (Å²) in [5, 5.41) is 5.32. The van der Waals surface area contributed by atoms with E-state index < -0.39 is 66.9 Å². The fourth-order valence-electron chi connectivity index (χ4n) is 5.90. The topological polar surface area (TPSA) is 164 Å². The van der Waals surface area contributed by atoms with Gasteiger partial charge < -0.3 is 29.1 Å². The molecule has 16 heteroatoms. The molecule has 3 rings (SSSR count). The number of hydrogen-bond acceptors (Lipinski definition) is 10. The smallest absolute Gasteiger partial charge is 0.408 e. The van der Waals surface area contributed by atoms with Crippen LogP contribution in [0.2, 0.25) is 18.1 Å². The highest BCUT2D eigenvalue weighted by molar-refractivity contribution is 6.74. The molecule has 2 amide bonds. The summed E-state index contributed by atoms with van der Waals surface area (Å²) in [6, 6.07) is 1.33. The number of amides is 2. The molecule has 0 bridgehead atoms. The van der Waals surface area contributed by atoms with Crippen LogP contribution in [-0.2, 0) is 36.5 Å². The molecule has 2 N–H and O–H groups in total. The lowest BCUT2D eigenvalue weighted by molar-refractivity contribution is -0.128. The number of fused-ring (bicyclic) bond motifs is 1. The molecule has 0 fully saturated rings. The molecule has 2 aromatic heterocycles. The first-order chi connectivity index (χ1) is 26.5. The Morgan fingerprint density at radius 2 is 1.45 bits per heavy atom. The largest absolute Gasteiger partial charge is 0.444 e. The number of halogens is 2. The van der Waals surface area contributed by atoms with Crippen LogP contribution in [0, 0.1) is 17.0 Å². The molecule has 3 atom stereocenters. The van der Waals surface area contributed by atoms with Gasteiger partial charge in [0.05, 0.1) is 18.6 Å². The minimum Gasteiger partial charge on any atom is -0.444 e. The Hall–Kier alpha value is -4.31. The van der Waals surface area contributed by atoms with Crippen LogP contribution in [0.3, 0.4) is 0 Å². The van der Waals surface area contributed by atoms with Gasteiger partial charge in [-0.15, -0.1) is 0 Å². The van der Waals surface area contributed by atoms with E-state index in [2.05, 4.69) is 46.4 Å². The van der Waals surface area contributed by atoms with Crippen LogP contribution in [0.1, 0.15) is 114 Å². The summed E-state index contributed by atoms with van der Waals surface area (Å²) in [6.07, 6.45) is 2.76. The molecule has 0 saturated heterocycles. The number of ether oxygens (including phenoxy) is 2. The summed E-state index contributed by atoms with van der Waals surface area (Å²) < 4.78 is 48.2. The molecule has 0 radical (unpaired) electrons. The van der Waals surface area contributed by atoms with E-state index in [1.54, 1.807) is 58.6 Å². The van der Waals surface area contributed by atoms with Crippen molar-refractivity contribution in [3.8, 4) is 0 Å². The van der Waals surface area contributed by atoms with E-state index in [0.717, 1.165) is 18.2 Å². The molecule has 322 valence electrons. The van der Waals surface area contributed by atoms with E-state index in [9.17, 15) is 28.0 Å². The average molecular weight is 831 g/mol. The maximum atomic E-state index is 14.6. The fraction of sp³-hybridized carbons (Fsp3) is 0.643. The van der Waals surface area contributed by atoms with Gasteiger partial charge in [0.25, 0.3) is 0 Å². The maximum absolute atomic E-state index is 14.6. The maximum Gasteiger partial charge on any atom is 0.408 e. The van der Waals surface area contributed by atoms with Crippen LogP contribution in [0.15, 0.2) is 37.1 Å². The van der Waals surface area contributed by atoms with Gasteiger partial charge in [0.1, 0.15) is 46.6 Å². The zero-order chi connectivity index (χ0) is 43.9. The Labute approximate surface area is 342 Å². The second-order valence-electron chi connectivity index (χ2n) is 19.3. The summed E-state index contributed by atoms with van der Waals surface area (Å²) in [6.45, 7) is 24.7. The molecule has 1 unspecified atom stereocenters. The van der Waals surface area contributed by atoms with Crippen molar-refractivity contribution >= 4 is 43.2 Å². The predicted octanol–water partition coefficient (Wildman–Crippen LogP) is 8.64. The van der Waals surface area contributed by atoms with Crippen molar-refractivity contribution in [2.45, 2.75) is 169 Å². The van der Waals surface area contributed by atoms with Crippen molar-refractivity contribution < 1.29 is 41.9 Å². The first kappa shape index (κ1) is 48.1. The van der Waals surface area contributed by atoms with E-state index in [1.165, 1.54) is 6.33 Å². The Morgan fingerprint density at radius 3 is 2.05 bits per heavy atom. The summed E-state index contributed by atoms with van der Waals surface area (Å²) in [5.41, 5.74) is -1.01. The van der Waals surface area contributed by atoms with Gasteiger partial charge in [0.2, 0.25) is 0 Å². The molecule has 1 aromatic carbocycles. The van der Waals surface area contributed by atoms with Crippen molar-refractivity contribution in [2.75, 3.05) is 0 Å². The van der Waals surface area contributed by atoms with Gasteiger partial charge >= 0.3 is 12.2 Å². The van der Waals surface area contributed by atoms with E-state index >= 15 is 0 Å². The number of nitrogens with zero attached hydrogens (tertiary/aromatic N) is 4. The lowest BCUT2D eigenvalue weighted by Crippen LogP contribution is -2.56. The Balaban J connectivity index is 1.82. The van der Waals surface area contributed by atoms with E-state index in [0.29, 0.717) is 24.0 Å². The van der Waals surface area contributed by atoms with Crippen LogP contribution in [0.25, 0.3) is 11.2 Å². The van der Waals surface area contributed by atoms with Crippen LogP contribution >= 0.6 is 0 Å². The molecular formula is C42H64F2N6O7Si. The predicted molar refractivity (Wildman–Crippen MR) is 221 cm³/mol. The Kier molecular flexibility index (Phi) is 15.9. The molecular weight excluding hydrogens is 767 g/mol. The van der Waals surface area contributed by atoms with Crippen LogP contribution in [-0.4, -0.2) is 81.0 Å². The third-order valence-electron chi connectivity index (χ3n) is 10.1. The summed E-state index contributed by atoms with van der Waals surface area (Å²) in [7, 11) is -2.62. The number of carbonyl (C=O) groups is 4. The van der Waals surface area contributed by atoms with E-state index in [4.69, 9.17) is 13.9 Å². The highest BCUT2D eigenvalue weighted by Crippen LogP contribution is 2.38. The minimum atomic E-state index is -2.62. The zero-order valence-corrected chi connectivity index (χ0v) is 37.5. The SMILES string of the molecule is CC(C)(CCC(=O)CC(Cc1cc(F)ccc1F)NC(=O)OC(C)(C)C)CCC(=O)[C@@H](O[Si](C)(C)C(C)(C)C)[C@@H](Cn1cnc2cncnc21)NC(=O)OC(C)(C)C. The minimum absolute atomic E-state index is 0.0242. The molecule has 0 aliphatic rings. The van der Waals surface area contributed by atoms with Crippen LogP contribution in [0.4, 0.5) is 18.4 Å². The number of nitrogens with one attached hydrogen (secondary N) is 2. The number of Topliss-reactive ketones (excluding diaryl/α,β-unsaturated/α-hetero) is 2. The van der Waals surface area contributed by atoms with E-state index in [1.807, 2.05) is 26.9 Å². The van der Waals surface area contributed by atoms with Crippen molar-refractivity contribution in [1.82, 2.24) is 30.2 Å². The standard InChI is InChI=1S/C42H64F2N6O7Si/c1-39(2,3)55-37(53)48-29(21-27-20-28(43)14-15-31(27)44)22-30(51)16-18-42(10,11)19-17-34(52)35(57-58(12,13)41(7,8)9)33(49-38(54)56-40(4,5)6)24-50-26-47-32-23-45-25-46-36(32)50/h14-15,20,23,25-26,29,33,35H,16-19,21-22,24H2,1-13H3,(H,48,53)(H,49,54)/t29?,33-,35+/m1/s1. The average Bonchev–Trinajstić information content (AvgIpc) is 3.47. The number of imidazole rings is 1.